The van der Waals surface area contributed by atoms with E-state index in [4.69, 9.17) is 9.47 Å². The Labute approximate surface area is 124 Å². The van der Waals surface area contributed by atoms with Gasteiger partial charge in [-0.3, -0.25) is 0 Å². The molecule has 0 aliphatic heterocycles. The van der Waals surface area contributed by atoms with Crippen LogP contribution in [0.4, 0.5) is 0 Å². The molecular formula is C12H32FN4O2P. The fourth-order valence-electron chi connectivity index (χ4n) is 2.61. The van der Waals surface area contributed by atoms with Crippen molar-refractivity contribution in [2.45, 2.75) is 0 Å². The first-order valence-corrected chi connectivity index (χ1v) is 8.11. The molecule has 0 rings (SSSR count). The summed E-state index contributed by atoms with van der Waals surface area (Å²) >= 11 is 0. The highest BCUT2D eigenvalue weighted by molar-refractivity contribution is 7.66. The van der Waals surface area contributed by atoms with Gasteiger partial charge < -0.3 is 14.2 Å². The van der Waals surface area contributed by atoms with Gasteiger partial charge in [-0.15, -0.1) is 18.7 Å². The minimum Gasteiger partial charge on any atom is -1.00 e. The third-order valence-corrected chi connectivity index (χ3v) is 7.48. The van der Waals surface area contributed by atoms with Gasteiger partial charge in [0.2, 0.25) is 0 Å². The highest BCUT2D eigenvalue weighted by Gasteiger charge is 2.53. The van der Waals surface area contributed by atoms with Crippen molar-refractivity contribution in [3.05, 3.63) is 0 Å². The van der Waals surface area contributed by atoms with Crippen LogP contribution in [0.2, 0.25) is 0 Å². The fraction of sp³-hybridized carbons (Fsp3) is 1.00. The number of methoxy groups -OCH3 is 2. The summed E-state index contributed by atoms with van der Waals surface area (Å²) in [6, 6.07) is 0. The molecule has 8 heteroatoms. The van der Waals surface area contributed by atoms with Crippen molar-refractivity contribution in [1.29, 1.82) is 0 Å². The Morgan fingerprint density at radius 2 is 1.00 bits per heavy atom. The summed E-state index contributed by atoms with van der Waals surface area (Å²) < 4.78 is 20.0. The van der Waals surface area contributed by atoms with Crippen molar-refractivity contribution in [2.24, 2.45) is 0 Å². The van der Waals surface area contributed by atoms with Crippen LogP contribution in [0.15, 0.2) is 0 Å². The molecule has 0 unspecified atom stereocenters. The molecule has 0 aliphatic rings. The third kappa shape index (κ3) is 5.15. The second-order valence-corrected chi connectivity index (χ2v) is 9.06. The molecule has 0 amide bonds. The van der Waals surface area contributed by atoms with Crippen LogP contribution < -0.4 is 4.70 Å². The summed E-state index contributed by atoms with van der Waals surface area (Å²) in [6.07, 6.45) is 0. The number of ether oxygens (including phenoxy) is 2. The van der Waals surface area contributed by atoms with Gasteiger partial charge in [-0.05, 0) is 0 Å². The average Bonchev–Trinajstić information content (AvgIpc) is 2.31. The van der Waals surface area contributed by atoms with E-state index in [2.05, 4.69) is 61.0 Å². The van der Waals surface area contributed by atoms with Gasteiger partial charge in [0.15, 0.2) is 0 Å². The molecule has 0 radical (unpaired) electrons. The van der Waals surface area contributed by atoms with Crippen LogP contribution >= 0.6 is 7.87 Å². The van der Waals surface area contributed by atoms with Crippen LogP contribution in [0.5, 0.6) is 0 Å². The normalized spacial score (nSPS) is 12.6. The van der Waals surface area contributed by atoms with E-state index in [1.165, 1.54) is 0 Å². The molecule has 0 aromatic rings. The lowest BCUT2D eigenvalue weighted by Crippen LogP contribution is -3.00. The van der Waals surface area contributed by atoms with Crippen molar-refractivity contribution in [3.63, 3.8) is 0 Å². The molecule has 0 aromatic heterocycles. The zero-order valence-corrected chi connectivity index (χ0v) is 15.2. The molecule has 0 bridgehead atoms. The van der Waals surface area contributed by atoms with Gasteiger partial charge >= 0.3 is 7.87 Å². The average molecular weight is 314 g/mol. The van der Waals surface area contributed by atoms with Crippen molar-refractivity contribution < 1.29 is 14.2 Å². The van der Waals surface area contributed by atoms with E-state index in [9.17, 15) is 0 Å². The minimum absolute atomic E-state index is 0. The predicted molar refractivity (Wildman–Crippen MR) is 83.3 cm³/mol. The van der Waals surface area contributed by atoms with Crippen LogP contribution in [0.25, 0.3) is 0 Å². The van der Waals surface area contributed by atoms with Crippen molar-refractivity contribution in [3.8, 4) is 0 Å². The number of nitrogens with zero attached hydrogens (tertiary/aromatic N) is 4. The maximum Gasteiger partial charge on any atom is 0.307 e. The molecule has 0 fully saturated rings. The van der Waals surface area contributed by atoms with Crippen LogP contribution in [0, 0.1) is 0 Å². The number of hydrogen-bond acceptors (Lipinski definition) is 6. The minimum atomic E-state index is -1.71. The molecule has 0 N–H and O–H groups in total. The summed E-state index contributed by atoms with van der Waals surface area (Å²) in [5.41, 5.74) is 0. The maximum atomic E-state index is 5.27. The number of rotatable bonds is 10. The Kier molecular flexibility index (Phi) is 12.1. The lowest BCUT2D eigenvalue weighted by atomic mass is 10.6. The molecule has 6 nitrogen and oxygen atoms in total. The molecule has 0 spiro atoms. The summed E-state index contributed by atoms with van der Waals surface area (Å²) in [5.74, 6) is 0. The smallest absolute Gasteiger partial charge is 0.307 e. The van der Waals surface area contributed by atoms with Gasteiger partial charge in [-0.25, -0.2) is 0 Å². The lowest BCUT2D eigenvalue weighted by molar-refractivity contribution is -0.00000507. The van der Waals surface area contributed by atoms with Crippen LogP contribution in [0.1, 0.15) is 0 Å². The van der Waals surface area contributed by atoms with Gasteiger partial charge in [0, 0.05) is 56.5 Å². The topological polar surface area (TPSA) is 31.4 Å². The Hall–Kier alpha value is 0.120. The van der Waals surface area contributed by atoms with Gasteiger partial charge in [0.05, 0.1) is 26.3 Å². The predicted octanol–water partition coefficient (Wildman–Crippen LogP) is -2.05. The van der Waals surface area contributed by atoms with Crippen molar-refractivity contribution in [1.82, 2.24) is 18.7 Å². The Morgan fingerprint density at radius 3 is 1.20 bits per heavy atom. The summed E-state index contributed by atoms with van der Waals surface area (Å²) in [4.78, 5) is 0. The molecule has 0 aromatic carbocycles. The van der Waals surface area contributed by atoms with E-state index in [0.29, 0.717) is 0 Å². The lowest BCUT2D eigenvalue weighted by Gasteiger charge is -2.45. The van der Waals surface area contributed by atoms with E-state index in [1.807, 2.05) is 0 Å². The Balaban J connectivity index is 0. The molecule has 0 saturated heterocycles. The number of halogens is 1. The van der Waals surface area contributed by atoms with Crippen molar-refractivity contribution >= 4 is 7.87 Å². The third-order valence-electron chi connectivity index (χ3n) is 3.10. The van der Waals surface area contributed by atoms with E-state index in [1.54, 1.807) is 14.2 Å². The first-order chi connectivity index (χ1) is 8.85. The molecular weight excluding hydrogens is 282 g/mol. The fourth-order valence-corrected chi connectivity index (χ4v) is 6.97. The molecule has 0 heterocycles. The van der Waals surface area contributed by atoms with E-state index in [0.717, 1.165) is 26.3 Å². The van der Waals surface area contributed by atoms with Gasteiger partial charge in [0.25, 0.3) is 0 Å². The van der Waals surface area contributed by atoms with Gasteiger partial charge in [0.1, 0.15) is 0 Å². The number of hydrogen-bond donors (Lipinski definition) is 0. The molecule has 20 heavy (non-hydrogen) atoms. The SMILES string of the molecule is COCCN(CCOC)[P+](N(C)C)(N(C)C)N(C)C.[F-]. The summed E-state index contributed by atoms with van der Waals surface area (Å²) in [7, 11) is 14.6. The quantitative estimate of drug-likeness (QED) is 0.432. The highest BCUT2D eigenvalue weighted by Crippen LogP contribution is 2.66. The van der Waals surface area contributed by atoms with Crippen molar-refractivity contribution in [2.75, 3.05) is 82.8 Å². The molecule has 0 aliphatic carbocycles. The zero-order valence-electron chi connectivity index (χ0n) is 14.3. The van der Waals surface area contributed by atoms with Gasteiger partial charge in [-0.2, -0.15) is 0 Å². The van der Waals surface area contributed by atoms with E-state index >= 15 is 0 Å². The zero-order chi connectivity index (χ0) is 15.1. The van der Waals surface area contributed by atoms with Gasteiger partial charge in [-0.1, -0.05) is 0 Å². The summed E-state index contributed by atoms with van der Waals surface area (Å²) in [5, 5.41) is 0. The molecule has 124 valence electrons. The van der Waals surface area contributed by atoms with Crippen LogP contribution in [0.3, 0.4) is 0 Å². The highest BCUT2D eigenvalue weighted by atomic mass is 31.2. The summed E-state index contributed by atoms with van der Waals surface area (Å²) in [6.45, 7) is 3.23. The molecule has 0 atom stereocenters. The van der Waals surface area contributed by atoms with E-state index < -0.39 is 7.87 Å². The maximum absolute atomic E-state index is 5.27. The first kappa shape index (κ1) is 22.4. The monoisotopic (exact) mass is 314 g/mol. The second kappa shape index (κ2) is 10.8. The van der Waals surface area contributed by atoms with Crippen LogP contribution in [-0.2, 0) is 9.47 Å². The largest absolute Gasteiger partial charge is 1.00 e. The standard InChI is InChI=1S/C12H32N4O2P.FH/c1-13(2)19(14(3)4,15(5)6)16(9-11-17-7)10-12-18-8;/h9-12H2,1-8H3;1H/q+1;/p-1. The first-order valence-electron chi connectivity index (χ1n) is 6.51. The van der Waals surface area contributed by atoms with Crippen LogP contribution in [-0.4, -0.2) is 101 Å². The Bertz CT molecular complexity index is 216. The molecule has 0 saturated carbocycles. The van der Waals surface area contributed by atoms with E-state index in [-0.39, 0.29) is 4.70 Å². The Morgan fingerprint density at radius 1 is 0.700 bits per heavy atom. The second-order valence-electron chi connectivity index (χ2n) is 5.02.